The lowest BCUT2D eigenvalue weighted by atomic mass is 9.85. The molecule has 0 bridgehead atoms. The summed E-state index contributed by atoms with van der Waals surface area (Å²) in [4.78, 5) is 39.8. The smallest absolute Gasteiger partial charge is 0.243 e. The van der Waals surface area contributed by atoms with Crippen LogP contribution in [0.25, 0.3) is 0 Å². The zero-order valence-corrected chi connectivity index (χ0v) is 15.7. The van der Waals surface area contributed by atoms with E-state index in [0.29, 0.717) is 19.3 Å². The van der Waals surface area contributed by atoms with E-state index < -0.39 is 6.04 Å². The third-order valence-electron chi connectivity index (χ3n) is 5.23. The number of amides is 3. The van der Waals surface area contributed by atoms with Gasteiger partial charge >= 0.3 is 0 Å². The van der Waals surface area contributed by atoms with Crippen molar-refractivity contribution in [3.8, 4) is 5.75 Å². The van der Waals surface area contributed by atoms with Crippen molar-refractivity contribution in [2.75, 3.05) is 0 Å². The number of nitrogens with one attached hydrogen (secondary N) is 1. The third kappa shape index (κ3) is 4.04. The fourth-order valence-corrected chi connectivity index (χ4v) is 3.88. The highest BCUT2D eigenvalue weighted by Gasteiger charge is 2.51. The molecule has 0 saturated carbocycles. The average Bonchev–Trinajstić information content (AvgIpc) is 2.89. The van der Waals surface area contributed by atoms with E-state index in [9.17, 15) is 19.5 Å². The second kappa shape index (κ2) is 7.94. The molecule has 0 aromatic heterocycles. The molecule has 3 rings (SSSR count). The van der Waals surface area contributed by atoms with Gasteiger partial charge in [0.1, 0.15) is 11.8 Å². The van der Waals surface area contributed by atoms with Gasteiger partial charge in [-0.15, -0.1) is 0 Å². The van der Waals surface area contributed by atoms with Crippen LogP contribution in [0.3, 0.4) is 0 Å². The molecule has 3 amide bonds. The topological polar surface area (TPSA) is 86.7 Å². The number of rotatable bonds is 6. The summed E-state index contributed by atoms with van der Waals surface area (Å²) in [5, 5.41) is 12.4. The first-order valence-electron chi connectivity index (χ1n) is 9.46. The first-order chi connectivity index (χ1) is 12.9. The highest BCUT2D eigenvalue weighted by atomic mass is 16.3. The molecule has 0 radical (unpaired) electrons. The van der Waals surface area contributed by atoms with Crippen molar-refractivity contribution in [3.05, 3.63) is 42.0 Å². The van der Waals surface area contributed by atoms with Crippen LogP contribution in [0.15, 0.2) is 36.4 Å². The minimum atomic E-state index is -0.798. The molecule has 1 heterocycles. The maximum atomic E-state index is 12.9. The third-order valence-corrected chi connectivity index (χ3v) is 5.23. The molecule has 0 unspecified atom stereocenters. The Morgan fingerprint density at radius 3 is 2.37 bits per heavy atom. The summed E-state index contributed by atoms with van der Waals surface area (Å²) in [6.45, 7) is 4.16. The number of carbonyl (C=O) groups excluding carboxylic acids is 3. The lowest BCUT2D eigenvalue weighted by molar-refractivity contribution is -0.148. The predicted molar refractivity (Wildman–Crippen MR) is 100 cm³/mol. The molecule has 1 aliphatic heterocycles. The van der Waals surface area contributed by atoms with Crippen LogP contribution in [0.4, 0.5) is 0 Å². The van der Waals surface area contributed by atoms with E-state index in [1.165, 1.54) is 4.90 Å². The molecule has 2 aliphatic rings. The van der Waals surface area contributed by atoms with Crippen molar-refractivity contribution >= 4 is 17.7 Å². The second-order valence-corrected chi connectivity index (χ2v) is 7.74. The molecule has 144 valence electrons. The Morgan fingerprint density at radius 1 is 1.19 bits per heavy atom. The van der Waals surface area contributed by atoms with Crippen LogP contribution in [-0.4, -0.2) is 33.8 Å². The summed E-state index contributed by atoms with van der Waals surface area (Å²) >= 11 is 0. The van der Waals surface area contributed by atoms with Crippen molar-refractivity contribution in [1.82, 2.24) is 10.2 Å². The summed E-state index contributed by atoms with van der Waals surface area (Å²) in [7, 11) is 0. The molecule has 6 nitrogen and oxygen atoms in total. The number of hydrogen-bond acceptors (Lipinski definition) is 4. The zero-order valence-electron chi connectivity index (χ0n) is 15.7. The lowest BCUT2D eigenvalue weighted by Crippen LogP contribution is -2.50. The fraction of sp³-hybridized carbons (Fsp3) is 0.476. The molecule has 1 fully saturated rings. The van der Waals surface area contributed by atoms with Crippen LogP contribution in [0.2, 0.25) is 0 Å². The van der Waals surface area contributed by atoms with Crippen LogP contribution in [-0.2, 0) is 20.9 Å². The van der Waals surface area contributed by atoms with Crippen LogP contribution < -0.4 is 5.32 Å². The number of benzene rings is 1. The van der Waals surface area contributed by atoms with Crippen molar-refractivity contribution in [3.63, 3.8) is 0 Å². The normalized spacial score (nSPS) is 22.9. The maximum Gasteiger partial charge on any atom is 0.243 e. The molecule has 1 aromatic carbocycles. The van der Waals surface area contributed by atoms with Crippen LogP contribution in [0.1, 0.15) is 38.7 Å². The van der Waals surface area contributed by atoms with Crippen molar-refractivity contribution in [2.24, 2.45) is 17.8 Å². The number of likely N-dealkylation sites (tertiary alicyclic amines) is 1. The van der Waals surface area contributed by atoms with Crippen molar-refractivity contribution in [2.45, 2.75) is 45.7 Å². The Balaban J connectivity index is 1.76. The fourth-order valence-electron chi connectivity index (χ4n) is 3.88. The number of aromatic hydroxyl groups is 1. The SMILES string of the molecule is CC(C)C[C@H](C(=O)NCc1cccc(O)c1)N1C(=O)[C@H]2CC=CC[C@H]2C1=O. The summed E-state index contributed by atoms with van der Waals surface area (Å²) in [5.41, 5.74) is 0.753. The number of nitrogens with zero attached hydrogens (tertiary/aromatic N) is 1. The van der Waals surface area contributed by atoms with E-state index in [1.807, 2.05) is 26.0 Å². The lowest BCUT2D eigenvalue weighted by Gasteiger charge is -2.27. The van der Waals surface area contributed by atoms with Gasteiger partial charge in [0.15, 0.2) is 0 Å². The van der Waals surface area contributed by atoms with Crippen molar-refractivity contribution in [1.29, 1.82) is 0 Å². The number of phenols is 1. The molecular formula is C21H26N2O4. The van der Waals surface area contributed by atoms with Crippen LogP contribution >= 0.6 is 0 Å². The summed E-state index contributed by atoms with van der Waals surface area (Å²) < 4.78 is 0. The van der Waals surface area contributed by atoms with E-state index >= 15 is 0 Å². The number of hydrogen-bond donors (Lipinski definition) is 2. The minimum absolute atomic E-state index is 0.127. The Bertz CT molecular complexity index is 745. The van der Waals surface area contributed by atoms with E-state index in [2.05, 4.69) is 5.32 Å². The first kappa shape index (κ1) is 19.1. The van der Waals surface area contributed by atoms with Gasteiger partial charge in [-0.05, 0) is 42.9 Å². The number of fused-ring (bicyclic) bond motifs is 1. The van der Waals surface area contributed by atoms with Gasteiger partial charge in [0.2, 0.25) is 17.7 Å². The van der Waals surface area contributed by atoms with Gasteiger partial charge in [-0.2, -0.15) is 0 Å². The van der Waals surface area contributed by atoms with Gasteiger partial charge in [0.25, 0.3) is 0 Å². The standard InChI is InChI=1S/C21H26N2O4/c1-13(2)10-18(19(25)22-12-14-6-5-7-15(24)11-14)23-20(26)16-8-3-4-9-17(16)21(23)27/h3-7,11,13,16-18,24H,8-10,12H2,1-2H3,(H,22,25)/t16-,17+,18-/m1/s1. The number of phenolic OH excluding ortho intramolecular Hbond substituents is 1. The monoisotopic (exact) mass is 370 g/mol. The molecule has 6 heteroatoms. The molecule has 1 aromatic rings. The van der Waals surface area contributed by atoms with E-state index in [-0.39, 0.29) is 47.8 Å². The number of carbonyl (C=O) groups is 3. The Morgan fingerprint density at radius 2 is 1.81 bits per heavy atom. The van der Waals surface area contributed by atoms with Gasteiger partial charge in [-0.1, -0.05) is 38.1 Å². The first-order valence-corrected chi connectivity index (χ1v) is 9.46. The van der Waals surface area contributed by atoms with Gasteiger partial charge < -0.3 is 10.4 Å². The minimum Gasteiger partial charge on any atom is -0.508 e. The largest absolute Gasteiger partial charge is 0.508 e. The van der Waals surface area contributed by atoms with Gasteiger partial charge in [0.05, 0.1) is 11.8 Å². The van der Waals surface area contributed by atoms with Gasteiger partial charge in [-0.3, -0.25) is 19.3 Å². The summed E-state index contributed by atoms with van der Waals surface area (Å²) in [5.74, 6) is -1.18. The predicted octanol–water partition coefficient (Wildman–Crippen LogP) is 2.37. The van der Waals surface area contributed by atoms with Gasteiger partial charge in [-0.25, -0.2) is 0 Å². The average molecular weight is 370 g/mol. The Kier molecular flexibility index (Phi) is 5.63. The number of allylic oxidation sites excluding steroid dienone is 2. The summed E-state index contributed by atoms with van der Waals surface area (Å²) in [6.07, 6.45) is 5.43. The zero-order chi connectivity index (χ0) is 19.6. The van der Waals surface area contributed by atoms with E-state index in [4.69, 9.17) is 0 Å². The molecule has 1 saturated heterocycles. The molecule has 0 spiro atoms. The highest BCUT2D eigenvalue weighted by Crippen LogP contribution is 2.37. The Hall–Kier alpha value is -2.63. The van der Waals surface area contributed by atoms with Crippen LogP contribution in [0.5, 0.6) is 5.75 Å². The van der Waals surface area contributed by atoms with E-state index in [0.717, 1.165) is 5.56 Å². The van der Waals surface area contributed by atoms with Crippen molar-refractivity contribution < 1.29 is 19.5 Å². The molecule has 1 aliphatic carbocycles. The van der Waals surface area contributed by atoms with Crippen LogP contribution in [0, 0.1) is 17.8 Å². The maximum absolute atomic E-state index is 12.9. The highest BCUT2D eigenvalue weighted by molar-refractivity contribution is 6.08. The summed E-state index contributed by atoms with van der Waals surface area (Å²) in [6, 6.07) is 5.83. The molecule has 2 N–H and O–H groups in total. The van der Waals surface area contributed by atoms with Gasteiger partial charge in [0, 0.05) is 6.54 Å². The Labute approximate surface area is 159 Å². The molecular weight excluding hydrogens is 344 g/mol. The quantitative estimate of drug-likeness (QED) is 0.595. The molecule has 3 atom stereocenters. The number of imide groups is 1. The molecule has 27 heavy (non-hydrogen) atoms. The van der Waals surface area contributed by atoms with E-state index in [1.54, 1.807) is 24.3 Å². The second-order valence-electron chi connectivity index (χ2n) is 7.74.